The molecule has 8 nitrogen and oxygen atoms in total. The Bertz CT molecular complexity index is 1120. The van der Waals surface area contributed by atoms with Gasteiger partial charge in [-0.1, -0.05) is 13.0 Å². The fourth-order valence-corrected chi connectivity index (χ4v) is 4.98. The summed E-state index contributed by atoms with van der Waals surface area (Å²) in [6, 6.07) is 9.62. The van der Waals surface area contributed by atoms with Gasteiger partial charge in [-0.05, 0) is 49.9 Å². The minimum atomic E-state index is -0.476. The maximum atomic E-state index is 14.8. The molecule has 35 heavy (non-hydrogen) atoms. The average Bonchev–Trinajstić information content (AvgIpc) is 2.88. The second kappa shape index (κ2) is 10.4. The van der Waals surface area contributed by atoms with Gasteiger partial charge in [0.05, 0.1) is 21.9 Å². The third kappa shape index (κ3) is 5.13. The molecule has 4 rings (SSSR count). The van der Waals surface area contributed by atoms with Crippen molar-refractivity contribution in [3.05, 3.63) is 63.5 Å². The molecule has 0 N–H and O–H groups in total. The number of aldehydes is 1. The third-order valence-corrected chi connectivity index (χ3v) is 7.14. The molecule has 0 radical (unpaired) electrons. The predicted octanol–water partition coefficient (Wildman–Crippen LogP) is 4.38. The molecule has 2 aliphatic heterocycles. The van der Waals surface area contributed by atoms with Crippen LogP contribution in [0.3, 0.4) is 0 Å². The minimum Gasteiger partial charge on any atom is -0.368 e. The van der Waals surface area contributed by atoms with Gasteiger partial charge in [0.2, 0.25) is 0 Å². The zero-order valence-corrected chi connectivity index (χ0v) is 20.2. The summed E-state index contributed by atoms with van der Waals surface area (Å²) < 4.78 is 14.8. The summed E-state index contributed by atoms with van der Waals surface area (Å²) in [5.41, 5.74) is 2.05. The van der Waals surface area contributed by atoms with Crippen LogP contribution in [0.2, 0.25) is 0 Å². The molecule has 0 spiro atoms. The van der Waals surface area contributed by atoms with Crippen LogP contribution in [0.25, 0.3) is 0 Å². The number of hydrogen-bond donors (Lipinski definition) is 0. The second-order valence-corrected chi connectivity index (χ2v) is 9.41. The van der Waals surface area contributed by atoms with Crippen molar-refractivity contribution in [2.75, 3.05) is 42.5 Å². The van der Waals surface area contributed by atoms with Crippen LogP contribution < -0.4 is 9.80 Å². The van der Waals surface area contributed by atoms with Crippen molar-refractivity contribution < 1.29 is 18.9 Å². The van der Waals surface area contributed by atoms with Crippen LogP contribution in [0.1, 0.15) is 54.9 Å². The number of piperidine rings is 1. The van der Waals surface area contributed by atoms with E-state index in [4.69, 9.17) is 0 Å². The quantitative estimate of drug-likeness (QED) is 0.345. The lowest BCUT2D eigenvalue weighted by atomic mass is 10.00. The summed E-state index contributed by atoms with van der Waals surface area (Å²) in [6.07, 6.45) is 3.94. The highest BCUT2D eigenvalue weighted by Crippen LogP contribution is 2.32. The van der Waals surface area contributed by atoms with Crippen LogP contribution in [-0.4, -0.2) is 60.8 Å². The van der Waals surface area contributed by atoms with Crippen molar-refractivity contribution >= 4 is 29.3 Å². The molecule has 2 saturated heterocycles. The molecule has 1 amide bonds. The predicted molar refractivity (Wildman–Crippen MR) is 133 cm³/mol. The lowest BCUT2D eigenvalue weighted by molar-refractivity contribution is -0.384. The van der Waals surface area contributed by atoms with Gasteiger partial charge >= 0.3 is 0 Å². The molecule has 0 aromatic heterocycles. The number of nitrogens with zero attached hydrogens (tertiary/aromatic N) is 4. The Balaban J connectivity index is 1.52. The first kappa shape index (κ1) is 24.6. The Hall–Kier alpha value is -3.49. The van der Waals surface area contributed by atoms with E-state index >= 15 is 0 Å². The summed E-state index contributed by atoms with van der Waals surface area (Å²) in [5.74, 6) is -1.01. The van der Waals surface area contributed by atoms with E-state index < -0.39 is 10.7 Å². The standard InChI is InChI=1S/C26H31FN4O4/c1-18(17-32)20-6-8-25(23(27)15-20)28-11-13-29(14-12-28)26(33)22-16-21(31(34)35)7-9-24(22)30-10-4-3-5-19(30)2/h6-9,15-19H,3-5,10-14H2,1-2H3. The summed E-state index contributed by atoms with van der Waals surface area (Å²) in [6.45, 7) is 6.28. The molecular formula is C26H31FN4O4. The van der Waals surface area contributed by atoms with E-state index in [0.29, 0.717) is 43.0 Å². The summed E-state index contributed by atoms with van der Waals surface area (Å²) >= 11 is 0. The number of nitro groups is 1. The molecule has 2 fully saturated rings. The Morgan fingerprint density at radius 2 is 1.80 bits per heavy atom. The molecule has 0 saturated carbocycles. The third-order valence-electron chi connectivity index (χ3n) is 7.14. The monoisotopic (exact) mass is 482 g/mol. The van der Waals surface area contributed by atoms with Crippen LogP contribution in [0.4, 0.5) is 21.5 Å². The van der Waals surface area contributed by atoms with E-state index in [1.54, 1.807) is 30.0 Å². The highest BCUT2D eigenvalue weighted by Gasteiger charge is 2.30. The van der Waals surface area contributed by atoms with E-state index in [9.17, 15) is 24.1 Å². The number of halogens is 1. The summed E-state index contributed by atoms with van der Waals surface area (Å²) in [4.78, 5) is 41.3. The number of rotatable bonds is 6. The molecule has 2 aliphatic rings. The highest BCUT2D eigenvalue weighted by molar-refractivity contribution is 6.00. The Kier molecular flexibility index (Phi) is 7.33. The number of amides is 1. The van der Waals surface area contributed by atoms with Crippen molar-refractivity contribution in [1.82, 2.24) is 4.90 Å². The first-order valence-corrected chi connectivity index (χ1v) is 12.1. The van der Waals surface area contributed by atoms with Gasteiger partial charge in [-0.2, -0.15) is 0 Å². The Morgan fingerprint density at radius 1 is 1.09 bits per heavy atom. The largest absolute Gasteiger partial charge is 0.368 e. The number of carbonyl (C=O) groups excluding carboxylic acids is 2. The van der Waals surface area contributed by atoms with Gasteiger partial charge in [0.25, 0.3) is 11.6 Å². The molecule has 9 heteroatoms. The van der Waals surface area contributed by atoms with Crippen LogP contribution >= 0.6 is 0 Å². The van der Waals surface area contributed by atoms with Gasteiger partial charge in [-0.3, -0.25) is 14.9 Å². The first-order chi connectivity index (χ1) is 16.8. The molecule has 2 heterocycles. The lowest BCUT2D eigenvalue weighted by Crippen LogP contribution is -2.49. The van der Waals surface area contributed by atoms with Gasteiger partial charge in [-0.15, -0.1) is 0 Å². The maximum Gasteiger partial charge on any atom is 0.270 e. The zero-order valence-electron chi connectivity index (χ0n) is 20.2. The number of non-ortho nitro benzene ring substituents is 1. The molecule has 0 aliphatic carbocycles. The smallest absolute Gasteiger partial charge is 0.270 e. The van der Waals surface area contributed by atoms with Gasteiger partial charge in [0.15, 0.2) is 0 Å². The topological polar surface area (TPSA) is 87.0 Å². The van der Waals surface area contributed by atoms with E-state index in [0.717, 1.165) is 37.8 Å². The van der Waals surface area contributed by atoms with Crippen LogP contribution in [0.15, 0.2) is 36.4 Å². The van der Waals surface area contributed by atoms with E-state index in [1.165, 1.54) is 18.2 Å². The molecule has 186 valence electrons. The molecule has 2 aromatic carbocycles. The summed E-state index contributed by atoms with van der Waals surface area (Å²) in [5, 5.41) is 11.4. The van der Waals surface area contributed by atoms with Crippen molar-refractivity contribution in [1.29, 1.82) is 0 Å². The number of piperazine rings is 1. The fourth-order valence-electron chi connectivity index (χ4n) is 4.98. The van der Waals surface area contributed by atoms with Crippen molar-refractivity contribution in [3.8, 4) is 0 Å². The minimum absolute atomic E-state index is 0.105. The van der Waals surface area contributed by atoms with Crippen molar-refractivity contribution in [2.45, 2.75) is 45.1 Å². The normalized spacial score (nSPS) is 19.4. The van der Waals surface area contributed by atoms with E-state index in [-0.39, 0.29) is 23.6 Å². The number of carbonyl (C=O) groups is 2. The van der Waals surface area contributed by atoms with Gasteiger partial charge < -0.3 is 19.5 Å². The molecule has 2 aromatic rings. The van der Waals surface area contributed by atoms with Gasteiger partial charge in [-0.25, -0.2) is 4.39 Å². The number of anilines is 2. The zero-order chi connectivity index (χ0) is 25.1. The van der Waals surface area contributed by atoms with E-state index in [2.05, 4.69) is 11.8 Å². The second-order valence-electron chi connectivity index (χ2n) is 9.41. The first-order valence-electron chi connectivity index (χ1n) is 12.1. The molecule has 2 atom stereocenters. The summed E-state index contributed by atoms with van der Waals surface area (Å²) in [7, 11) is 0. The van der Waals surface area contributed by atoms with E-state index in [1.807, 2.05) is 4.90 Å². The number of nitro benzene ring substituents is 1. The fraction of sp³-hybridized carbons (Fsp3) is 0.462. The molecular weight excluding hydrogens is 451 g/mol. The van der Waals surface area contributed by atoms with Crippen molar-refractivity contribution in [2.24, 2.45) is 0 Å². The Labute approximate surface area is 204 Å². The van der Waals surface area contributed by atoms with Crippen LogP contribution in [0.5, 0.6) is 0 Å². The van der Waals surface area contributed by atoms with Crippen LogP contribution in [-0.2, 0) is 4.79 Å². The van der Waals surface area contributed by atoms with Crippen LogP contribution in [0, 0.1) is 15.9 Å². The molecule has 2 unspecified atom stereocenters. The SMILES string of the molecule is CC(C=O)c1ccc(N2CCN(C(=O)c3cc([N+](=O)[O-])ccc3N3CCCCC3C)CC2)c(F)c1. The molecule has 0 bridgehead atoms. The number of benzene rings is 2. The lowest BCUT2D eigenvalue weighted by Gasteiger charge is -2.39. The van der Waals surface area contributed by atoms with Gasteiger partial charge in [0.1, 0.15) is 12.1 Å². The number of hydrogen-bond acceptors (Lipinski definition) is 6. The highest BCUT2D eigenvalue weighted by atomic mass is 19.1. The maximum absolute atomic E-state index is 14.8. The van der Waals surface area contributed by atoms with Crippen molar-refractivity contribution in [3.63, 3.8) is 0 Å². The average molecular weight is 483 g/mol. The van der Waals surface area contributed by atoms with Gasteiger partial charge in [0, 0.05) is 56.8 Å². The Morgan fingerprint density at radius 3 is 2.43 bits per heavy atom.